The van der Waals surface area contributed by atoms with Crippen molar-refractivity contribution in [2.75, 3.05) is 26.2 Å². The van der Waals surface area contributed by atoms with E-state index in [4.69, 9.17) is 23.2 Å². The molecule has 0 bridgehead atoms. The lowest BCUT2D eigenvalue weighted by Gasteiger charge is -2.25. The van der Waals surface area contributed by atoms with Gasteiger partial charge in [-0.1, -0.05) is 29.3 Å². The van der Waals surface area contributed by atoms with Crippen molar-refractivity contribution in [1.82, 2.24) is 9.80 Å². The zero-order valence-corrected chi connectivity index (χ0v) is 15.0. The van der Waals surface area contributed by atoms with E-state index in [-0.39, 0.29) is 0 Å². The van der Waals surface area contributed by atoms with Crippen LogP contribution in [0.2, 0.25) is 10.0 Å². The molecule has 2 saturated heterocycles. The Balaban J connectivity index is 1.47. The van der Waals surface area contributed by atoms with Crippen molar-refractivity contribution in [3.63, 3.8) is 0 Å². The Labute approximate surface area is 148 Å². The lowest BCUT2D eigenvalue weighted by Crippen LogP contribution is -2.39. The molecule has 0 aromatic heterocycles. The summed E-state index contributed by atoms with van der Waals surface area (Å²) in [6, 6.07) is 6.30. The van der Waals surface area contributed by atoms with Gasteiger partial charge >= 0.3 is 0 Å². The second-order valence-electron chi connectivity index (χ2n) is 6.63. The molecule has 1 atom stereocenters. The Morgan fingerprint density at radius 2 is 1.96 bits per heavy atom. The van der Waals surface area contributed by atoms with Crippen LogP contribution in [0.15, 0.2) is 18.2 Å². The van der Waals surface area contributed by atoms with Gasteiger partial charge in [-0.25, -0.2) is 0 Å². The molecular formula is C18H24Cl2N2O. The first-order valence-electron chi connectivity index (χ1n) is 8.59. The molecule has 126 valence electrons. The molecule has 1 aromatic carbocycles. The number of rotatable bonds is 4. The highest BCUT2D eigenvalue weighted by Crippen LogP contribution is 2.24. The first-order chi connectivity index (χ1) is 11.1. The van der Waals surface area contributed by atoms with E-state index in [0.29, 0.717) is 28.4 Å². The highest BCUT2D eigenvalue weighted by Gasteiger charge is 2.30. The van der Waals surface area contributed by atoms with E-state index in [1.807, 2.05) is 18.2 Å². The zero-order chi connectivity index (χ0) is 16.2. The minimum Gasteiger partial charge on any atom is -0.341 e. The Bertz CT molecular complexity index is 564. The SMILES string of the molecule is O=C(CCCc1ccc(Cl)c(Cl)c1)N1CCCN2CCC[C@H]2C1. The molecular weight excluding hydrogens is 331 g/mol. The van der Waals surface area contributed by atoms with Gasteiger partial charge in [0, 0.05) is 32.1 Å². The van der Waals surface area contributed by atoms with Gasteiger partial charge in [0.1, 0.15) is 0 Å². The molecule has 0 saturated carbocycles. The number of nitrogens with zero attached hydrogens (tertiary/aromatic N) is 2. The maximum absolute atomic E-state index is 12.5. The van der Waals surface area contributed by atoms with Gasteiger partial charge in [-0.05, 0) is 56.3 Å². The topological polar surface area (TPSA) is 23.6 Å². The second-order valence-corrected chi connectivity index (χ2v) is 7.44. The van der Waals surface area contributed by atoms with Crippen LogP contribution < -0.4 is 0 Å². The molecule has 0 unspecified atom stereocenters. The van der Waals surface area contributed by atoms with Crippen LogP contribution >= 0.6 is 23.2 Å². The summed E-state index contributed by atoms with van der Waals surface area (Å²) in [5.74, 6) is 0.304. The number of carbonyl (C=O) groups excluding carboxylic acids is 1. The van der Waals surface area contributed by atoms with E-state index >= 15 is 0 Å². The normalized spacial score (nSPS) is 22.0. The minimum atomic E-state index is 0.304. The van der Waals surface area contributed by atoms with Crippen LogP contribution in [0, 0.1) is 0 Å². The molecule has 3 nitrogen and oxygen atoms in total. The fourth-order valence-corrected chi connectivity index (χ4v) is 4.05. The fourth-order valence-electron chi connectivity index (χ4n) is 3.73. The molecule has 0 aliphatic carbocycles. The quantitative estimate of drug-likeness (QED) is 0.815. The standard InChI is InChI=1S/C18H24Cl2N2O/c19-16-8-7-14(12-17(16)20)4-1-6-18(23)22-11-3-10-21-9-2-5-15(21)13-22/h7-8,12,15H,1-6,9-11,13H2/t15-/m0/s1. The molecule has 0 N–H and O–H groups in total. The maximum Gasteiger partial charge on any atom is 0.222 e. The first-order valence-corrected chi connectivity index (χ1v) is 9.35. The van der Waals surface area contributed by atoms with Gasteiger partial charge < -0.3 is 4.90 Å². The summed E-state index contributed by atoms with van der Waals surface area (Å²) in [5.41, 5.74) is 1.14. The zero-order valence-electron chi connectivity index (χ0n) is 13.4. The lowest BCUT2D eigenvalue weighted by molar-refractivity contribution is -0.131. The fraction of sp³-hybridized carbons (Fsp3) is 0.611. The predicted molar refractivity (Wildman–Crippen MR) is 95.2 cm³/mol. The van der Waals surface area contributed by atoms with Crippen LogP contribution in [0.4, 0.5) is 0 Å². The van der Waals surface area contributed by atoms with Gasteiger partial charge in [0.05, 0.1) is 10.0 Å². The summed E-state index contributed by atoms with van der Waals surface area (Å²) in [6.45, 7) is 4.20. The third kappa shape index (κ3) is 4.40. The van der Waals surface area contributed by atoms with Gasteiger partial charge in [0.25, 0.3) is 0 Å². The summed E-state index contributed by atoms with van der Waals surface area (Å²) >= 11 is 12.0. The summed E-state index contributed by atoms with van der Waals surface area (Å²) in [7, 11) is 0. The van der Waals surface area contributed by atoms with E-state index in [2.05, 4.69) is 9.80 Å². The van der Waals surface area contributed by atoms with E-state index in [1.54, 1.807) is 0 Å². The van der Waals surface area contributed by atoms with Crippen LogP contribution in [0.3, 0.4) is 0 Å². The number of aryl methyl sites for hydroxylation is 1. The summed E-state index contributed by atoms with van der Waals surface area (Å²) in [4.78, 5) is 17.2. The Morgan fingerprint density at radius 1 is 1.13 bits per heavy atom. The van der Waals surface area contributed by atoms with Gasteiger partial charge in [-0.2, -0.15) is 0 Å². The van der Waals surface area contributed by atoms with Gasteiger partial charge in [-0.15, -0.1) is 0 Å². The lowest BCUT2D eigenvalue weighted by atomic mass is 10.1. The Hall–Kier alpha value is -0.770. The molecule has 2 heterocycles. The smallest absolute Gasteiger partial charge is 0.222 e. The van der Waals surface area contributed by atoms with Crippen molar-refractivity contribution in [3.05, 3.63) is 33.8 Å². The molecule has 0 spiro atoms. The molecule has 3 rings (SSSR count). The highest BCUT2D eigenvalue weighted by atomic mass is 35.5. The molecule has 2 fully saturated rings. The van der Waals surface area contributed by atoms with Gasteiger partial charge in [0.2, 0.25) is 5.91 Å². The third-order valence-electron chi connectivity index (χ3n) is 5.00. The molecule has 2 aliphatic heterocycles. The number of hydrogen-bond acceptors (Lipinski definition) is 2. The molecule has 0 radical (unpaired) electrons. The van der Waals surface area contributed by atoms with Crippen LogP contribution in [0.1, 0.15) is 37.7 Å². The average molecular weight is 355 g/mol. The molecule has 5 heteroatoms. The summed E-state index contributed by atoms with van der Waals surface area (Å²) in [5, 5.41) is 1.17. The first kappa shape index (κ1) is 17.1. The minimum absolute atomic E-state index is 0.304. The van der Waals surface area contributed by atoms with Crippen molar-refractivity contribution in [3.8, 4) is 0 Å². The molecule has 23 heavy (non-hydrogen) atoms. The summed E-state index contributed by atoms with van der Waals surface area (Å²) < 4.78 is 0. The summed E-state index contributed by atoms with van der Waals surface area (Å²) in [6.07, 6.45) is 5.98. The Kier molecular flexibility index (Phi) is 5.84. The van der Waals surface area contributed by atoms with Gasteiger partial charge in [-0.3, -0.25) is 9.69 Å². The highest BCUT2D eigenvalue weighted by molar-refractivity contribution is 6.42. The van der Waals surface area contributed by atoms with E-state index in [1.165, 1.54) is 19.4 Å². The van der Waals surface area contributed by atoms with Crippen LogP contribution in [-0.2, 0) is 11.2 Å². The number of halogens is 2. The third-order valence-corrected chi connectivity index (χ3v) is 5.74. The number of carbonyl (C=O) groups is 1. The number of amides is 1. The van der Waals surface area contributed by atoms with E-state index in [9.17, 15) is 4.79 Å². The largest absolute Gasteiger partial charge is 0.341 e. The van der Waals surface area contributed by atoms with Crippen LogP contribution in [-0.4, -0.2) is 47.9 Å². The molecule has 2 aliphatic rings. The predicted octanol–water partition coefficient (Wildman–Crippen LogP) is 4.01. The average Bonchev–Trinajstić information content (AvgIpc) is 2.87. The molecule has 1 amide bonds. The van der Waals surface area contributed by atoms with Crippen molar-refractivity contribution >= 4 is 29.1 Å². The van der Waals surface area contributed by atoms with Crippen molar-refractivity contribution in [2.24, 2.45) is 0 Å². The van der Waals surface area contributed by atoms with Crippen LogP contribution in [0.25, 0.3) is 0 Å². The van der Waals surface area contributed by atoms with Crippen LogP contribution in [0.5, 0.6) is 0 Å². The van der Waals surface area contributed by atoms with Crippen molar-refractivity contribution in [2.45, 2.75) is 44.6 Å². The second kappa shape index (κ2) is 7.87. The van der Waals surface area contributed by atoms with E-state index in [0.717, 1.165) is 44.5 Å². The number of hydrogen-bond donors (Lipinski definition) is 0. The van der Waals surface area contributed by atoms with Gasteiger partial charge in [0.15, 0.2) is 0 Å². The number of fused-ring (bicyclic) bond motifs is 1. The maximum atomic E-state index is 12.5. The molecule has 1 aromatic rings. The van der Waals surface area contributed by atoms with Crippen molar-refractivity contribution < 1.29 is 4.79 Å². The number of benzene rings is 1. The van der Waals surface area contributed by atoms with Crippen molar-refractivity contribution in [1.29, 1.82) is 0 Å². The monoisotopic (exact) mass is 354 g/mol. The Morgan fingerprint density at radius 3 is 2.78 bits per heavy atom. The van der Waals surface area contributed by atoms with E-state index < -0.39 is 0 Å².